The molecule has 4 rings (SSSR count). The van der Waals surface area contributed by atoms with Crippen molar-refractivity contribution in [1.29, 1.82) is 0 Å². The van der Waals surface area contributed by atoms with E-state index in [-0.39, 0.29) is 23.5 Å². The van der Waals surface area contributed by atoms with E-state index in [0.29, 0.717) is 23.2 Å². The van der Waals surface area contributed by atoms with E-state index in [4.69, 9.17) is 4.74 Å². The van der Waals surface area contributed by atoms with Crippen molar-refractivity contribution in [3.8, 4) is 10.8 Å². The van der Waals surface area contributed by atoms with Gasteiger partial charge in [0, 0.05) is 31.4 Å². The quantitative estimate of drug-likeness (QED) is 0.426. The Kier molecular flexibility index (Phi) is 5.71. The fraction of sp³-hybridized carbons (Fsp3) is 0.316. The van der Waals surface area contributed by atoms with Crippen molar-refractivity contribution >= 4 is 28.5 Å². The predicted octanol–water partition coefficient (Wildman–Crippen LogP) is 1.49. The number of carbonyl (C=O) groups excluding carboxylic acids is 1. The van der Waals surface area contributed by atoms with Crippen LogP contribution in [-0.4, -0.2) is 40.0 Å². The molecule has 12 heteroatoms. The normalized spacial score (nSPS) is 11.2. The van der Waals surface area contributed by atoms with Crippen LogP contribution in [0.3, 0.4) is 0 Å². The van der Waals surface area contributed by atoms with Crippen molar-refractivity contribution in [2.45, 2.75) is 32.9 Å². The largest absolute Gasteiger partial charge is 0.453 e. The first kappa shape index (κ1) is 20.6. The highest BCUT2D eigenvalue weighted by Gasteiger charge is 2.19. The van der Waals surface area contributed by atoms with E-state index in [0.717, 1.165) is 12.8 Å². The minimum absolute atomic E-state index is 0.129. The number of nitrogens with one attached hydrogen (secondary N) is 1. The minimum Gasteiger partial charge on any atom is -0.453 e. The zero-order chi connectivity index (χ0) is 22.0. The molecule has 0 fully saturated rings. The van der Waals surface area contributed by atoms with E-state index in [1.807, 2.05) is 6.92 Å². The molecule has 0 aliphatic rings. The Morgan fingerprint density at radius 2 is 2.00 bits per heavy atom. The number of aryl methyl sites for hydroxylation is 2. The Morgan fingerprint density at radius 3 is 2.74 bits per heavy atom. The first-order valence-corrected chi connectivity index (χ1v) is 10.5. The Morgan fingerprint density at radius 1 is 1.23 bits per heavy atom. The third-order valence-electron chi connectivity index (χ3n) is 4.64. The van der Waals surface area contributed by atoms with Crippen molar-refractivity contribution in [3.63, 3.8) is 0 Å². The van der Waals surface area contributed by atoms with Gasteiger partial charge in [0.1, 0.15) is 12.4 Å². The summed E-state index contributed by atoms with van der Waals surface area (Å²) in [5.74, 6) is 0.125. The van der Waals surface area contributed by atoms with Gasteiger partial charge in [0.05, 0.1) is 0 Å². The molecule has 0 spiro atoms. The van der Waals surface area contributed by atoms with Crippen LogP contribution in [0.4, 0.5) is 0 Å². The topological polar surface area (TPSA) is 138 Å². The van der Waals surface area contributed by atoms with Crippen LogP contribution in [0, 0.1) is 0 Å². The third kappa shape index (κ3) is 4.01. The summed E-state index contributed by atoms with van der Waals surface area (Å²) in [7, 11) is 1.63. The zero-order valence-corrected chi connectivity index (χ0v) is 17.7. The van der Waals surface area contributed by atoms with Crippen LogP contribution >= 0.6 is 11.3 Å². The number of aromatic nitrogens is 7. The summed E-state index contributed by atoms with van der Waals surface area (Å²) >= 11 is 1.23. The maximum atomic E-state index is 12.4. The van der Waals surface area contributed by atoms with Gasteiger partial charge in [-0.05, 0) is 12.5 Å². The lowest BCUT2D eigenvalue weighted by Crippen LogP contribution is -2.31. The van der Waals surface area contributed by atoms with Crippen molar-refractivity contribution < 1.29 is 9.53 Å². The molecule has 0 bridgehead atoms. The second-order valence-corrected chi connectivity index (χ2v) is 7.57. The Labute approximate surface area is 179 Å². The van der Waals surface area contributed by atoms with Crippen molar-refractivity contribution in [2.24, 2.45) is 7.05 Å². The molecule has 31 heavy (non-hydrogen) atoms. The maximum absolute atomic E-state index is 12.4. The summed E-state index contributed by atoms with van der Waals surface area (Å²) in [6.45, 7) is 2.26. The molecule has 0 amide bonds. The first-order valence-electron chi connectivity index (χ1n) is 9.58. The summed E-state index contributed by atoms with van der Waals surface area (Å²) < 4.78 is 8.30. The van der Waals surface area contributed by atoms with Crippen LogP contribution in [-0.2, 0) is 24.9 Å². The smallest absolute Gasteiger partial charge is 0.358 e. The van der Waals surface area contributed by atoms with Crippen LogP contribution in [0.5, 0.6) is 0 Å². The van der Waals surface area contributed by atoms with Crippen LogP contribution in [0.25, 0.3) is 22.0 Å². The average Bonchev–Trinajstić information content (AvgIpc) is 3.38. The van der Waals surface area contributed by atoms with Crippen LogP contribution in [0.2, 0.25) is 0 Å². The molecule has 0 saturated carbocycles. The predicted molar refractivity (Wildman–Crippen MR) is 113 cm³/mol. The molecular weight excluding hydrogens is 422 g/mol. The highest BCUT2D eigenvalue weighted by molar-refractivity contribution is 7.13. The zero-order valence-electron chi connectivity index (χ0n) is 16.9. The molecule has 0 aromatic carbocycles. The highest BCUT2D eigenvalue weighted by atomic mass is 32.1. The van der Waals surface area contributed by atoms with Gasteiger partial charge in [-0.1, -0.05) is 13.3 Å². The number of esters is 1. The number of carbonyl (C=O) groups is 1. The van der Waals surface area contributed by atoms with Crippen molar-refractivity contribution in [1.82, 2.24) is 34.1 Å². The number of aromatic amines is 1. The molecule has 0 atom stereocenters. The van der Waals surface area contributed by atoms with E-state index in [9.17, 15) is 14.4 Å². The van der Waals surface area contributed by atoms with Crippen LogP contribution in [0.1, 0.15) is 36.1 Å². The molecule has 11 nitrogen and oxygen atoms in total. The van der Waals surface area contributed by atoms with E-state index >= 15 is 0 Å². The molecule has 0 saturated heterocycles. The van der Waals surface area contributed by atoms with Gasteiger partial charge >= 0.3 is 11.7 Å². The van der Waals surface area contributed by atoms with Crippen molar-refractivity contribution in [2.75, 3.05) is 0 Å². The van der Waals surface area contributed by atoms with E-state index in [2.05, 4.69) is 24.9 Å². The fourth-order valence-corrected chi connectivity index (χ4v) is 3.76. The third-order valence-corrected chi connectivity index (χ3v) is 5.48. The number of ether oxygens (including phenoxy) is 1. The molecule has 4 aromatic heterocycles. The van der Waals surface area contributed by atoms with E-state index in [1.54, 1.807) is 30.9 Å². The molecule has 0 aliphatic heterocycles. The van der Waals surface area contributed by atoms with Gasteiger partial charge in [-0.25, -0.2) is 29.5 Å². The Balaban J connectivity index is 1.57. The number of fused-ring (bicyclic) bond motifs is 1. The van der Waals surface area contributed by atoms with Gasteiger partial charge in [-0.3, -0.25) is 14.3 Å². The second kappa shape index (κ2) is 8.60. The number of unbranched alkanes of at least 4 members (excludes halogenated alkanes) is 1. The summed E-state index contributed by atoms with van der Waals surface area (Å²) in [5, 5.41) is 2.07. The molecular formula is C19H19N7O4S. The number of imidazole rings is 1. The lowest BCUT2D eigenvalue weighted by molar-refractivity contribution is 0.0453. The number of hydrogen-bond donors (Lipinski definition) is 1. The minimum atomic E-state index is -0.636. The number of H-pyrrole nitrogens is 1. The molecule has 0 unspecified atom stereocenters. The molecule has 1 N–H and O–H groups in total. The van der Waals surface area contributed by atoms with Gasteiger partial charge in [0.25, 0.3) is 5.56 Å². The molecule has 0 radical (unpaired) electrons. The maximum Gasteiger partial charge on any atom is 0.358 e. The average molecular weight is 441 g/mol. The monoisotopic (exact) mass is 441 g/mol. The van der Waals surface area contributed by atoms with Gasteiger partial charge in [-0.15, -0.1) is 11.3 Å². The first-order chi connectivity index (χ1) is 15.0. The molecule has 4 aromatic rings. The van der Waals surface area contributed by atoms with Gasteiger partial charge < -0.3 is 9.30 Å². The lowest BCUT2D eigenvalue weighted by Gasteiger charge is -2.04. The summed E-state index contributed by atoms with van der Waals surface area (Å²) in [6.07, 6.45) is 4.83. The number of hydrogen-bond acceptors (Lipinski definition) is 9. The number of thiazole rings is 1. The molecule has 4 heterocycles. The van der Waals surface area contributed by atoms with Crippen LogP contribution in [0.15, 0.2) is 33.4 Å². The Bertz CT molecular complexity index is 1350. The standard InChI is InChI=1S/C19H19N7O4S/c1-3-4-8-26-15-13(16(27)24-19(26)29)25(2)12(23-15)9-30-18(28)11-10-31-17(22-11)14-20-6-5-7-21-14/h5-7,10H,3-4,8-9H2,1-2H3,(H,24,27,29). The SMILES string of the molecule is CCCCn1c(=O)[nH]c(=O)c2c1nc(COC(=O)c1csc(-c3ncccn3)n1)n2C. The van der Waals surface area contributed by atoms with Gasteiger partial charge in [0.2, 0.25) is 0 Å². The summed E-state index contributed by atoms with van der Waals surface area (Å²) in [6, 6.07) is 1.69. The number of rotatable bonds is 7. The van der Waals surface area contributed by atoms with E-state index in [1.165, 1.54) is 20.5 Å². The summed E-state index contributed by atoms with van der Waals surface area (Å²) in [5.41, 5.74) is -0.395. The summed E-state index contributed by atoms with van der Waals surface area (Å²) in [4.78, 5) is 56.1. The van der Waals surface area contributed by atoms with Gasteiger partial charge in [0.15, 0.2) is 27.7 Å². The van der Waals surface area contributed by atoms with Crippen LogP contribution < -0.4 is 11.2 Å². The molecule has 0 aliphatic carbocycles. The Hall–Kier alpha value is -3.67. The number of nitrogens with zero attached hydrogens (tertiary/aromatic N) is 6. The highest BCUT2D eigenvalue weighted by Crippen LogP contribution is 2.20. The fourth-order valence-electron chi connectivity index (χ4n) is 3.03. The van der Waals surface area contributed by atoms with Crippen molar-refractivity contribution in [3.05, 3.63) is 56.2 Å². The molecule has 160 valence electrons. The van der Waals surface area contributed by atoms with Gasteiger partial charge in [-0.2, -0.15) is 0 Å². The van der Waals surface area contributed by atoms with E-state index < -0.39 is 17.2 Å². The lowest BCUT2D eigenvalue weighted by atomic mass is 10.3. The second-order valence-electron chi connectivity index (χ2n) is 6.71.